The highest BCUT2D eigenvalue weighted by Crippen LogP contribution is 2.30. The lowest BCUT2D eigenvalue weighted by molar-refractivity contribution is -0.122. The number of aryl methyl sites for hydroxylation is 1. The Morgan fingerprint density at radius 1 is 1.41 bits per heavy atom. The number of thiazole rings is 1. The zero-order valence-corrected chi connectivity index (χ0v) is 14.4. The molecule has 118 valence electrons. The fourth-order valence-electron chi connectivity index (χ4n) is 1.84. The Kier molecular flexibility index (Phi) is 5.68. The minimum absolute atomic E-state index is 0.171. The SMILES string of the molecule is CCCNC(=O)[C@H](C)NC(=O)c1sc(-c2cccs2)nc1C. The van der Waals surface area contributed by atoms with Crippen LogP contribution in [-0.2, 0) is 4.79 Å². The van der Waals surface area contributed by atoms with Crippen molar-refractivity contribution >= 4 is 34.5 Å². The third kappa shape index (κ3) is 3.92. The standard InChI is InChI=1S/C15H19N3O2S2/c1-4-7-16-13(19)10(3)17-14(20)12-9(2)18-15(22-12)11-6-5-8-21-11/h5-6,8,10H,4,7H2,1-3H3,(H,16,19)(H,17,20)/t10-/m0/s1. The lowest BCUT2D eigenvalue weighted by Crippen LogP contribution is -2.44. The number of thiophene rings is 1. The number of aromatic nitrogens is 1. The van der Waals surface area contributed by atoms with Crippen LogP contribution < -0.4 is 10.6 Å². The Bertz CT molecular complexity index is 650. The van der Waals surface area contributed by atoms with Crippen LogP contribution in [-0.4, -0.2) is 29.4 Å². The van der Waals surface area contributed by atoms with E-state index in [0.29, 0.717) is 17.1 Å². The van der Waals surface area contributed by atoms with E-state index in [4.69, 9.17) is 0 Å². The van der Waals surface area contributed by atoms with Crippen LogP contribution in [0, 0.1) is 6.92 Å². The summed E-state index contributed by atoms with van der Waals surface area (Å²) in [5.41, 5.74) is 0.687. The third-order valence-corrected chi connectivity index (χ3v) is 5.22. The van der Waals surface area contributed by atoms with Crippen LogP contribution in [0.2, 0.25) is 0 Å². The van der Waals surface area contributed by atoms with E-state index in [1.165, 1.54) is 11.3 Å². The van der Waals surface area contributed by atoms with Crippen LogP contribution in [0.1, 0.15) is 35.6 Å². The van der Waals surface area contributed by atoms with Crippen molar-refractivity contribution in [3.63, 3.8) is 0 Å². The number of carbonyl (C=O) groups is 2. The molecule has 2 heterocycles. The summed E-state index contributed by atoms with van der Waals surface area (Å²) in [5, 5.41) is 8.31. The van der Waals surface area contributed by atoms with Crippen molar-refractivity contribution in [3.05, 3.63) is 28.1 Å². The van der Waals surface area contributed by atoms with Crippen molar-refractivity contribution < 1.29 is 9.59 Å². The molecule has 0 saturated heterocycles. The quantitative estimate of drug-likeness (QED) is 0.851. The van der Waals surface area contributed by atoms with Gasteiger partial charge >= 0.3 is 0 Å². The molecule has 2 amide bonds. The summed E-state index contributed by atoms with van der Waals surface area (Å²) >= 11 is 2.94. The fraction of sp³-hybridized carbons (Fsp3) is 0.400. The highest BCUT2D eigenvalue weighted by atomic mass is 32.1. The van der Waals surface area contributed by atoms with Gasteiger partial charge in [0.15, 0.2) is 0 Å². The summed E-state index contributed by atoms with van der Waals surface area (Å²) in [5.74, 6) is -0.423. The first kappa shape index (κ1) is 16.6. The average Bonchev–Trinajstić information content (AvgIpc) is 3.13. The maximum Gasteiger partial charge on any atom is 0.263 e. The van der Waals surface area contributed by atoms with Crippen molar-refractivity contribution in [1.29, 1.82) is 0 Å². The maximum atomic E-state index is 12.3. The molecule has 0 fully saturated rings. The summed E-state index contributed by atoms with van der Waals surface area (Å²) in [6.45, 7) is 6.08. The Balaban J connectivity index is 2.05. The average molecular weight is 337 g/mol. The monoisotopic (exact) mass is 337 g/mol. The Morgan fingerprint density at radius 2 is 2.18 bits per heavy atom. The Labute approximate surface area is 137 Å². The van der Waals surface area contributed by atoms with E-state index >= 15 is 0 Å². The molecule has 0 unspecified atom stereocenters. The topological polar surface area (TPSA) is 71.1 Å². The second kappa shape index (κ2) is 7.51. The van der Waals surface area contributed by atoms with Gasteiger partial charge in [-0.15, -0.1) is 22.7 Å². The number of amides is 2. The number of rotatable bonds is 6. The van der Waals surface area contributed by atoms with E-state index in [9.17, 15) is 9.59 Å². The summed E-state index contributed by atoms with van der Waals surface area (Å²) in [7, 11) is 0. The zero-order chi connectivity index (χ0) is 16.1. The van der Waals surface area contributed by atoms with E-state index in [1.54, 1.807) is 18.3 Å². The molecule has 0 aliphatic heterocycles. The predicted octanol–water partition coefficient (Wildman–Crippen LogP) is 2.82. The number of hydrogen-bond donors (Lipinski definition) is 2. The molecule has 0 aliphatic carbocycles. The molecule has 0 spiro atoms. The molecule has 0 radical (unpaired) electrons. The van der Waals surface area contributed by atoms with Crippen LogP contribution >= 0.6 is 22.7 Å². The van der Waals surface area contributed by atoms with Crippen molar-refractivity contribution in [2.75, 3.05) is 6.54 Å². The minimum Gasteiger partial charge on any atom is -0.354 e. The smallest absolute Gasteiger partial charge is 0.263 e. The minimum atomic E-state index is -0.564. The van der Waals surface area contributed by atoms with Gasteiger partial charge in [0.25, 0.3) is 5.91 Å². The number of nitrogens with one attached hydrogen (secondary N) is 2. The van der Waals surface area contributed by atoms with Gasteiger partial charge in [0.2, 0.25) is 5.91 Å². The molecule has 0 saturated carbocycles. The van der Waals surface area contributed by atoms with Gasteiger partial charge in [0, 0.05) is 6.54 Å². The van der Waals surface area contributed by atoms with Gasteiger partial charge in [-0.25, -0.2) is 4.98 Å². The van der Waals surface area contributed by atoms with E-state index in [-0.39, 0.29) is 11.8 Å². The van der Waals surface area contributed by atoms with E-state index in [1.807, 2.05) is 31.4 Å². The van der Waals surface area contributed by atoms with Crippen LogP contribution in [0.15, 0.2) is 17.5 Å². The first-order chi connectivity index (χ1) is 10.5. The second-order valence-corrected chi connectivity index (χ2v) is 6.84. The van der Waals surface area contributed by atoms with Gasteiger partial charge in [-0.05, 0) is 31.7 Å². The lowest BCUT2D eigenvalue weighted by Gasteiger charge is -2.13. The number of nitrogens with zero attached hydrogens (tertiary/aromatic N) is 1. The predicted molar refractivity (Wildman–Crippen MR) is 90.4 cm³/mol. The number of carbonyl (C=O) groups excluding carboxylic acids is 2. The molecule has 2 N–H and O–H groups in total. The molecule has 0 aromatic carbocycles. The van der Waals surface area contributed by atoms with Gasteiger partial charge in [-0.1, -0.05) is 13.0 Å². The highest BCUT2D eigenvalue weighted by molar-refractivity contribution is 7.22. The van der Waals surface area contributed by atoms with Crippen molar-refractivity contribution in [3.8, 4) is 9.88 Å². The van der Waals surface area contributed by atoms with Crippen LogP contribution in [0.3, 0.4) is 0 Å². The molecule has 2 aromatic rings. The van der Waals surface area contributed by atoms with Crippen molar-refractivity contribution in [2.24, 2.45) is 0 Å². The Morgan fingerprint density at radius 3 is 2.82 bits per heavy atom. The van der Waals surface area contributed by atoms with E-state index in [2.05, 4.69) is 15.6 Å². The maximum absolute atomic E-state index is 12.3. The van der Waals surface area contributed by atoms with Crippen molar-refractivity contribution in [1.82, 2.24) is 15.6 Å². The van der Waals surface area contributed by atoms with Gasteiger partial charge in [-0.3, -0.25) is 9.59 Å². The largest absolute Gasteiger partial charge is 0.354 e. The van der Waals surface area contributed by atoms with Gasteiger partial charge in [0.1, 0.15) is 15.9 Å². The first-order valence-electron chi connectivity index (χ1n) is 7.12. The molecule has 5 nitrogen and oxygen atoms in total. The highest BCUT2D eigenvalue weighted by Gasteiger charge is 2.20. The molecule has 2 aromatic heterocycles. The zero-order valence-electron chi connectivity index (χ0n) is 12.8. The third-order valence-electron chi connectivity index (χ3n) is 3.02. The first-order valence-corrected chi connectivity index (χ1v) is 8.82. The summed E-state index contributed by atoms with van der Waals surface area (Å²) in [6.07, 6.45) is 0.866. The van der Waals surface area contributed by atoms with Crippen LogP contribution in [0.4, 0.5) is 0 Å². The normalized spacial score (nSPS) is 12.0. The van der Waals surface area contributed by atoms with Gasteiger partial charge in [0.05, 0.1) is 10.6 Å². The Hall–Kier alpha value is -1.73. The molecular weight excluding hydrogens is 318 g/mol. The molecule has 7 heteroatoms. The van der Waals surface area contributed by atoms with Gasteiger partial charge < -0.3 is 10.6 Å². The second-order valence-electron chi connectivity index (χ2n) is 4.90. The van der Waals surface area contributed by atoms with Crippen molar-refractivity contribution in [2.45, 2.75) is 33.2 Å². The van der Waals surface area contributed by atoms with Crippen LogP contribution in [0.5, 0.6) is 0 Å². The molecule has 0 bridgehead atoms. The summed E-state index contributed by atoms with van der Waals surface area (Å²) < 4.78 is 0. The van der Waals surface area contributed by atoms with E-state index in [0.717, 1.165) is 16.3 Å². The van der Waals surface area contributed by atoms with Crippen LogP contribution in [0.25, 0.3) is 9.88 Å². The molecular formula is C15H19N3O2S2. The van der Waals surface area contributed by atoms with E-state index < -0.39 is 6.04 Å². The molecule has 0 aliphatic rings. The fourth-order valence-corrected chi connectivity index (χ4v) is 3.61. The molecule has 1 atom stereocenters. The number of hydrogen-bond acceptors (Lipinski definition) is 5. The summed E-state index contributed by atoms with van der Waals surface area (Å²) in [4.78, 5) is 30.2. The summed E-state index contributed by atoms with van der Waals surface area (Å²) in [6, 6.07) is 3.37. The van der Waals surface area contributed by atoms with Gasteiger partial charge in [-0.2, -0.15) is 0 Å². The lowest BCUT2D eigenvalue weighted by atomic mass is 10.3. The molecule has 2 rings (SSSR count). The molecule has 22 heavy (non-hydrogen) atoms.